The van der Waals surface area contributed by atoms with Gasteiger partial charge in [-0.2, -0.15) is 12.1 Å². The molecule has 37 heavy (non-hydrogen) atoms. The molecule has 0 saturated heterocycles. The average Bonchev–Trinajstić information content (AvgIpc) is 2.83. The van der Waals surface area contributed by atoms with E-state index in [9.17, 15) is 17.6 Å². The first kappa shape index (κ1) is 40.2. The van der Waals surface area contributed by atoms with Crippen molar-refractivity contribution in [3.8, 4) is 0 Å². The van der Waals surface area contributed by atoms with Crippen LogP contribution >= 0.6 is 0 Å². The first-order valence-electron chi connectivity index (χ1n) is 11.1. The molecule has 0 amide bonds. The molecule has 0 aliphatic heterocycles. The van der Waals surface area contributed by atoms with Crippen LogP contribution in [0.2, 0.25) is 0 Å². The maximum Gasteiger partial charge on any atom is 4.00 e. The second kappa shape index (κ2) is 19.7. The smallest absolute Gasteiger partial charge is 0.360 e. The third-order valence-corrected chi connectivity index (χ3v) is 5.58. The Morgan fingerprint density at radius 2 is 0.919 bits per heavy atom. The maximum absolute atomic E-state index is 13.7. The average molecular weight is 564 g/mol. The summed E-state index contributed by atoms with van der Waals surface area (Å²) >= 11 is 0. The van der Waals surface area contributed by atoms with E-state index >= 15 is 0 Å². The van der Waals surface area contributed by atoms with Crippen LogP contribution in [0.4, 0.5) is 17.6 Å². The van der Waals surface area contributed by atoms with Crippen molar-refractivity contribution >= 4 is 0 Å². The molecular weight excluding hydrogens is 524 g/mol. The van der Waals surface area contributed by atoms with Crippen LogP contribution in [0, 0.1) is 50.3 Å². The van der Waals surface area contributed by atoms with Gasteiger partial charge >= 0.3 is 21.7 Å². The van der Waals surface area contributed by atoms with Gasteiger partial charge in [-0.25, -0.2) is 17.6 Å². The van der Waals surface area contributed by atoms with Gasteiger partial charge in [0.05, 0.1) is 0 Å². The minimum Gasteiger partial charge on any atom is -0.360 e. The molecular formula is C28H40F4O4Ti. The molecule has 0 aliphatic rings. The molecule has 2 aromatic carbocycles. The van der Waals surface area contributed by atoms with Crippen molar-refractivity contribution in [3.05, 3.63) is 85.6 Å². The van der Waals surface area contributed by atoms with Crippen LogP contribution in [0.15, 0.2) is 24.3 Å². The second-order valence-corrected chi connectivity index (χ2v) is 7.60. The van der Waals surface area contributed by atoms with Gasteiger partial charge in [0.15, 0.2) is 11.6 Å². The van der Waals surface area contributed by atoms with Gasteiger partial charge in [-0.05, 0) is 25.7 Å². The van der Waals surface area contributed by atoms with Gasteiger partial charge < -0.3 is 33.8 Å². The molecule has 0 spiro atoms. The Morgan fingerprint density at radius 3 is 1.14 bits per heavy atom. The van der Waals surface area contributed by atoms with Gasteiger partial charge in [-0.15, -0.1) is 24.3 Å². The summed E-state index contributed by atoms with van der Waals surface area (Å²) in [6.45, 7) is 4.03. The van der Waals surface area contributed by atoms with Crippen molar-refractivity contribution < 1.29 is 58.2 Å². The topological polar surface area (TPSA) is 36.9 Å². The van der Waals surface area contributed by atoms with Crippen LogP contribution in [-0.4, -0.2) is 28.4 Å². The number of rotatable bonds is 12. The van der Waals surface area contributed by atoms with E-state index in [0.717, 1.165) is 37.8 Å². The number of ether oxygens (including phenoxy) is 4. The van der Waals surface area contributed by atoms with Crippen LogP contribution in [0.25, 0.3) is 0 Å². The van der Waals surface area contributed by atoms with Crippen LogP contribution < -0.4 is 0 Å². The van der Waals surface area contributed by atoms with E-state index in [4.69, 9.17) is 18.9 Å². The largest absolute Gasteiger partial charge is 4.00 e. The van der Waals surface area contributed by atoms with E-state index in [1.54, 1.807) is 0 Å². The van der Waals surface area contributed by atoms with E-state index in [1.807, 2.05) is 26.0 Å². The minimum atomic E-state index is -1.16. The van der Waals surface area contributed by atoms with Crippen molar-refractivity contribution in [2.45, 2.75) is 63.9 Å². The standard InChI is InChI=1S/2C13H17F2O2.2CH3.Ti/c2*1-4-5-8-13(16-2,17-3)11-7-6-10(14)9-12(11)15;;;/h2*6-7H,4-5,8H2,1-3H3;2*1H3;/q4*-1;+4. The van der Waals surface area contributed by atoms with Crippen molar-refractivity contribution in [1.82, 2.24) is 0 Å². The number of methoxy groups -OCH3 is 4. The second-order valence-electron chi connectivity index (χ2n) is 7.60. The molecule has 0 aliphatic carbocycles. The van der Waals surface area contributed by atoms with Gasteiger partial charge in [-0.1, -0.05) is 37.8 Å². The first-order chi connectivity index (χ1) is 16.2. The summed E-state index contributed by atoms with van der Waals surface area (Å²) in [6.07, 6.45) is 4.51. The molecule has 0 fully saturated rings. The summed E-state index contributed by atoms with van der Waals surface area (Å²) in [6, 6.07) is 8.97. The monoisotopic (exact) mass is 564 g/mol. The van der Waals surface area contributed by atoms with Crippen molar-refractivity contribution in [2.24, 2.45) is 0 Å². The normalized spacial score (nSPS) is 10.9. The Balaban J connectivity index is -0.000000578. The number of benzene rings is 2. The molecule has 0 aromatic heterocycles. The zero-order valence-electron chi connectivity index (χ0n) is 23.2. The summed E-state index contributed by atoms with van der Waals surface area (Å²) in [5, 5.41) is 0. The third-order valence-electron chi connectivity index (χ3n) is 5.58. The van der Waals surface area contributed by atoms with Gasteiger partial charge in [0.25, 0.3) is 0 Å². The molecule has 0 N–H and O–H groups in total. The third kappa shape index (κ3) is 10.8. The summed E-state index contributed by atoms with van der Waals surface area (Å²) in [5.41, 5.74) is 0.356. The van der Waals surface area contributed by atoms with Crippen molar-refractivity contribution in [2.75, 3.05) is 28.4 Å². The molecule has 2 aromatic rings. The number of hydrogen-bond donors (Lipinski definition) is 0. The molecule has 4 nitrogen and oxygen atoms in total. The quantitative estimate of drug-likeness (QED) is 0.115. The molecule has 0 saturated carbocycles. The Kier molecular flexibility index (Phi) is 21.4. The van der Waals surface area contributed by atoms with E-state index in [1.165, 1.54) is 40.6 Å². The molecule has 0 heterocycles. The Bertz CT molecular complexity index is 804. The summed E-state index contributed by atoms with van der Waals surface area (Å²) in [4.78, 5) is 0. The zero-order valence-corrected chi connectivity index (χ0v) is 24.8. The summed E-state index contributed by atoms with van der Waals surface area (Å²) in [7, 11) is 5.79. The van der Waals surface area contributed by atoms with E-state index in [2.05, 4.69) is 0 Å². The SMILES string of the molecule is CCCCC(OC)(OC)c1ccc(F)[c-]c1F.CCCCC(OC)(OC)c1ccc(F)[c-]c1F.[CH3-].[CH3-].[Ti+4]. The molecule has 0 atom stereocenters. The Morgan fingerprint density at radius 1 is 0.622 bits per heavy atom. The molecule has 208 valence electrons. The number of unbranched alkanes of at least 4 members (excludes halogenated alkanes) is 2. The maximum atomic E-state index is 13.7. The predicted octanol–water partition coefficient (Wildman–Crippen LogP) is 7.70. The minimum absolute atomic E-state index is 0. The Hall–Kier alpha value is -1.29. The molecule has 0 bridgehead atoms. The van der Waals surface area contributed by atoms with Gasteiger partial charge in [0, 0.05) is 51.7 Å². The Labute approximate surface area is 235 Å². The number of hydrogen-bond acceptors (Lipinski definition) is 4. The summed E-state index contributed by atoms with van der Waals surface area (Å²) < 4.78 is 74.2. The van der Waals surface area contributed by atoms with Crippen LogP contribution in [0.5, 0.6) is 0 Å². The fourth-order valence-electron chi connectivity index (χ4n) is 3.58. The van der Waals surface area contributed by atoms with E-state index in [-0.39, 0.29) is 47.7 Å². The van der Waals surface area contributed by atoms with E-state index < -0.39 is 34.8 Å². The first-order valence-corrected chi connectivity index (χ1v) is 11.1. The summed E-state index contributed by atoms with van der Waals surface area (Å²) in [5.74, 6) is -5.34. The fourth-order valence-corrected chi connectivity index (χ4v) is 3.58. The molecule has 2 rings (SSSR count). The van der Waals surface area contributed by atoms with Gasteiger partial charge in [0.1, 0.15) is 0 Å². The molecule has 0 radical (unpaired) electrons. The van der Waals surface area contributed by atoms with Gasteiger partial charge in [0.2, 0.25) is 0 Å². The fraction of sp³-hybridized carbons (Fsp3) is 0.500. The van der Waals surface area contributed by atoms with Crippen molar-refractivity contribution in [1.29, 1.82) is 0 Å². The molecule has 9 heteroatoms. The zero-order chi connectivity index (χ0) is 25.8. The number of halogens is 4. The van der Waals surface area contributed by atoms with Gasteiger partial charge in [-0.3, -0.25) is 0 Å². The van der Waals surface area contributed by atoms with Crippen LogP contribution in [0.3, 0.4) is 0 Å². The predicted molar refractivity (Wildman–Crippen MR) is 134 cm³/mol. The molecule has 0 unspecified atom stereocenters. The van der Waals surface area contributed by atoms with E-state index in [0.29, 0.717) is 12.8 Å². The van der Waals surface area contributed by atoms with Crippen molar-refractivity contribution in [3.63, 3.8) is 0 Å². The van der Waals surface area contributed by atoms with Crippen LogP contribution in [0.1, 0.15) is 63.5 Å². The van der Waals surface area contributed by atoms with Crippen LogP contribution in [-0.2, 0) is 52.2 Å².